The van der Waals surface area contributed by atoms with Crippen LogP contribution in [0.1, 0.15) is 38.5 Å². The number of aliphatic carboxylic acids is 1. The fourth-order valence-electron chi connectivity index (χ4n) is 1.93. The number of hydrogen-bond donors (Lipinski definition) is 2. The topological polar surface area (TPSA) is 63.3 Å². The first-order chi connectivity index (χ1) is 7.25. The number of hydrogen-bond acceptors (Lipinski definition) is 2. The van der Waals surface area contributed by atoms with E-state index in [1.54, 1.807) is 0 Å². The molecule has 0 bridgehead atoms. The molecule has 0 aliphatic heterocycles. The van der Waals surface area contributed by atoms with Crippen molar-refractivity contribution in [1.82, 2.24) is 0 Å². The quantitative estimate of drug-likeness (QED) is 0.681. The molecule has 0 saturated heterocycles. The van der Waals surface area contributed by atoms with Crippen molar-refractivity contribution < 1.29 is 23.1 Å². The van der Waals surface area contributed by atoms with Crippen LogP contribution in [-0.4, -0.2) is 23.3 Å². The number of carboxylic acids is 1. The summed E-state index contributed by atoms with van der Waals surface area (Å²) in [5.74, 6) is -2.76. The van der Waals surface area contributed by atoms with Crippen LogP contribution in [0.4, 0.5) is 13.2 Å². The lowest BCUT2D eigenvalue weighted by atomic mass is 9.84. The lowest BCUT2D eigenvalue weighted by Crippen LogP contribution is -2.26. The van der Waals surface area contributed by atoms with E-state index in [0.717, 1.165) is 5.41 Å². The highest BCUT2D eigenvalue weighted by Gasteiger charge is 2.43. The van der Waals surface area contributed by atoms with E-state index in [4.69, 9.17) is 15.6 Å². The van der Waals surface area contributed by atoms with Gasteiger partial charge in [0, 0.05) is 6.04 Å². The van der Waals surface area contributed by atoms with Crippen LogP contribution in [0.5, 0.6) is 0 Å². The monoisotopic (exact) mass is 239 g/mol. The molecule has 0 atom stereocenters. The summed E-state index contributed by atoms with van der Waals surface area (Å²) in [4.78, 5) is 8.90. The van der Waals surface area contributed by atoms with Crippen LogP contribution in [-0.2, 0) is 4.79 Å². The van der Waals surface area contributed by atoms with E-state index >= 15 is 0 Å². The molecule has 2 aliphatic rings. The Morgan fingerprint density at radius 2 is 1.56 bits per heavy atom. The predicted molar refractivity (Wildman–Crippen MR) is 51.8 cm³/mol. The van der Waals surface area contributed by atoms with Crippen molar-refractivity contribution in [2.24, 2.45) is 11.1 Å². The van der Waals surface area contributed by atoms with E-state index in [0.29, 0.717) is 6.04 Å². The molecule has 0 heterocycles. The summed E-state index contributed by atoms with van der Waals surface area (Å²) in [5.41, 5.74) is 6.61. The van der Waals surface area contributed by atoms with Gasteiger partial charge in [-0.2, -0.15) is 13.2 Å². The van der Waals surface area contributed by atoms with E-state index in [1.165, 1.54) is 38.5 Å². The Morgan fingerprint density at radius 1 is 1.19 bits per heavy atom. The van der Waals surface area contributed by atoms with Crippen molar-refractivity contribution in [1.29, 1.82) is 0 Å². The minimum Gasteiger partial charge on any atom is -0.475 e. The second-order valence-electron chi connectivity index (χ2n) is 4.64. The first-order valence-electron chi connectivity index (χ1n) is 5.31. The molecule has 2 fully saturated rings. The Morgan fingerprint density at radius 3 is 1.81 bits per heavy atom. The van der Waals surface area contributed by atoms with Gasteiger partial charge in [0.25, 0.3) is 0 Å². The van der Waals surface area contributed by atoms with Crippen molar-refractivity contribution in [3.8, 4) is 0 Å². The molecule has 0 aromatic carbocycles. The highest BCUT2D eigenvalue weighted by atomic mass is 19.4. The summed E-state index contributed by atoms with van der Waals surface area (Å²) < 4.78 is 31.7. The third-order valence-corrected chi connectivity index (χ3v) is 3.29. The molecule has 3 N–H and O–H groups in total. The Bertz CT molecular complexity index is 251. The SMILES string of the molecule is NC1CCC2(CC1)CC2.O=C(O)C(F)(F)F. The molecule has 1 spiro atoms. The van der Waals surface area contributed by atoms with Crippen molar-refractivity contribution in [2.75, 3.05) is 0 Å². The normalized spacial score (nSPS) is 23.5. The van der Waals surface area contributed by atoms with Gasteiger partial charge in [-0.3, -0.25) is 0 Å². The summed E-state index contributed by atoms with van der Waals surface area (Å²) >= 11 is 0. The van der Waals surface area contributed by atoms with Crippen LogP contribution in [0, 0.1) is 5.41 Å². The third kappa shape index (κ3) is 4.00. The lowest BCUT2D eigenvalue weighted by molar-refractivity contribution is -0.192. The summed E-state index contributed by atoms with van der Waals surface area (Å²) in [6, 6.07) is 0.538. The molecule has 2 saturated carbocycles. The zero-order valence-corrected chi connectivity index (χ0v) is 8.89. The first kappa shape index (κ1) is 13.3. The maximum Gasteiger partial charge on any atom is 0.490 e. The second-order valence-corrected chi connectivity index (χ2v) is 4.64. The third-order valence-electron chi connectivity index (χ3n) is 3.29. The second kappa shape index (κ2) is 4.61. The van der Waals surface area contributed by atoms with Crippen LogP contribution in [0.25, 0.3) is 0 Å². The minimum absolute atomic E-state index is 0.538. The van der Waals surface area contributed by atoms with Gasteiger partial charge < -0.3 is 10.8 Å². The zero-order chi connectivity index (χ0) is 12.4. The molecule has 94 valence electrons. The maximum absolute atomic E-state index is 10.6. The number of alkyl halides is 3. The van der Waals surface area contributed by atoms with Gasteiger partial charge in [0.05, 0.1) is 0 Å². The highest BCUT2D eigenvalue weighted by molar-refractivity contribution is 5.73. The molecule has 0 aromatic rings. The molecule has 3 nitrogen and oxygen atoms in total. The molecule has 0 aromatic heterocycles. The van der Waals surface area contributed by atoms with Crippen LogP contribution in [0.15, 0.2) is 0 Å². The van der Waals surface area contributed by atoms with Gasteiger partial charge in [0.15, 0.2) is 0 Å². The van der Waals surface area contributed by atoms with Crippen molar-refractivity contribution in [3.05, 3.63) is 0 Å². The largest absolute Gasteiger partial charge is 0.490 e. The molecule has 6 heteroatoms. The number of carboxylic acid groups (broad SMARTS) is 1. The zero-order valence-electron chi connectivity index (χ0n) is 8.89. The van der Waals surface area contributed by atoms with E-state index in [2.05, 4.69) is 0 Å². The van der Waals surface area contributed by atoms with Crippen LogP contribution >= 0.6 is 0 Å². The van der Waals surface area contributed by atoms with Crippen molar-refractivity contribution in [3.63, 3.8) is 0 Å². The molecular formula is C10H16F3NO2. The minimum atomic E-state index is -5.08. The molecule has 2 rings (SSSR count). The number of carbonyl (C=O) groups is 1. The van der Waals surface area contributed by atoms with Gasteiger partial charge in [-0.05, 0) is 43.9 Å². The summed E-state index contributed by atoms with van der Waals surface area (Å²) in [5, 5.41) is 7.12. The van der Waals surface area contributed by atoms with Crippen LogP contribution in [0.3, 0.4) is 0 Å². The molecule has 0 amide bonds. The Kier molecular flexibility index (Phi) is 3.83. The fourth-order valence-corrected chi connectivity index (χ4v) is 1.93. The average Bonchev–Trinajstić information content (AvgIpc) is 2.91. The predicted octanol–water partition coefficient (Wildman–Crippen LogP) is 2.30. The van der Waals surface area contributed by atoms with E-state index in [-0.39, 0.29) is 0 Å². The van der Waals surface area contributed by atoms with Gasteiger partial charge in [-0.25, -0.2) is 4.79 Å². The summed E-state index contributed by atoms with van der Waals surface area (Å²) in [7, 11) is 0. The maximum atomic E-state index is 10.6. The van der Waals surface area contributed by atoms with Gasteiger partial charge in [0.2, 0.25) is 0 Å². The van der Waals surface area contributed by atoms with E-state index in [9.17, 15) is 13.2 Å². The summed E-state index contributed by atoms with van der Waals surface area (Å²) in [6.45, 7) is 0. The first-order valence-corrected chi connectivity index (χ1v) is 5.31. The lowest BCUT2D eigenvalue weighted by Gasteiger charge is -2.25. The number of halogens is 3. The van der Waals surface area contributed by atoms with Crippen molar-refractivity contribution in [2.45, 2.75) is 50.7 Å². The van der Waals surface area contributed by atoms with Crippen LogP contribution in [0.2, 0.25) is 0 Å². The highest BCUT2D eigenvalue weighted by Crippen LogP contribution is 2.55. The molecule has 0 unspecified atom stereocenters. The molecule has 0 radical (unpaired) electrons. The van der Waals surface area contributed by atoms with Gasteiger partial charge in [0.1, 0.15) is 0 Å². The molecule has 2 aliphatic carbocycles. The van der Waals surface area contributed by atoms with Gasteiger partial charge >= 0.3 is 12.1 Å². The smallest absolute Gasteiger partial charge is 0.475 e. The summed E-state index contributed by atoms with van der Waals surface area (Å²) in [6.07, 6.45) is 3.35. The number of rotatable bonds is 0. The van der Waals surface area contributed by atoms with Gasteiger partial charge in [-0.15, -0.1) is 0 Å². The van der Waals surface area contributed by atoms with E-state index < -0.39 is 12.1 Å². The molecule has 16 heavy (non-hydrogen) atoms. The standard InChI is InChI=1S/C8H15N.C2HF3O2/c9-7-1-3-8(4-2-7)5-6-8;3-2(4,5)1(6)7/h7H,1-6,9H2;(H,6,7). The molecular weight excluding hydrogens is 223 g/mol. The Balaban J connectivity index is 0.000000168. The average molecular weight is 239 g/mol. The number of nitrogens with two attached hydrogens (primary N) is 1. The Hall–Kier alpha value is -0.780. The van der Waals surface area contributed by atoms with Crippen molar-refractivity contribution >= 4 is 5.97 Å². The van der Waals surface area contributed by atoms with Gasteiger partial charge in [-0.1, -0.05) is 0 Å². The van der Waals surface area contributed by atoms with E-state index in [1.807, 2.05) is 0 Å². The Labute approximate surface area is 91.8 Å². The van der Waals surface area contributed by atoms with Crippen LogP contribution < -0.4 is 5.73 Å². The fraction of sp³-hybridized carbons (Fsp3) is 0.900.